The van der Waals surface area contributed by atoms with Crippen molar-refractivity contribution in [2.45, 2.75) is 26.4 Å². The lowest BCUT2D eigenvalue weighted by molar-refractivity contribution is 0.0397. The fraction of sp³-hybridized carbons (Fsp3) is 0.500. The number of aromatic amines is 2. The maximum absolute atomic E-state index is 13.8. The first-order valence-electron chi connectivity index (χ1n) is 7.76. The molecule has 1 saturated heterocycles. The quantitative estimate of drug-likeness (QED) is 0.842. The number of likely N-dealkylation sites (tertiary alicyclic amines) is 1. The molecule has 0 radical (unpaired) electrons. The topological polar surface area (TPSA) is 61.1 Å². The first-order chi connectivity index (χ1) is 10.9. The summed E-state index contributed by atoms with van der Waals surface area (Å²) in [6, 6.07) is 2.59. The van der Waals surface area contributed by atoms with Gasteiger partial charge in [0.15, 0.2) is 4.77 Å². The largest absolute Gasteiger partial charge is 0.376 e. The van der Waals surface area contributed by atoms with Gasteiger partial charge < -0.3 is 19.6 Å². The molecule has 124 valence electrons. The molecule has 0 spiro atoms. The number of hydrogen-bond donors (Lipinski definition) is 2. The number of rotatable bonds is 4. The number of ether oxygens (including phenoxy) is 1. The van der Waals surface area contributed by atoms with Gasteiger partial charge >= 0.3 is 0 Å². The number of imidazole rings is 1. The van der Waals surface area contributed by atoms with Gasteiger partial charge in [0.05, 0.1) is 22.7 Å². The summed E-state index contributed by atoms with van der Waals surface area (Å²) in [5, 5.41) is 0. The van der Waals surface area contributed by atoms with Gasteiger partial charge in [-0.2, -0.15) is 0 Å². The smallest absolute Gasteiger partial charge is 0.256 e. The molecular formula is C16H20FN3O2S. The lowest BCUT2D eigenvalue weighted by Gasteiger charge is -2.18. The first kappa shape index (κ1) is 16.1. The molecule has 7 heteroatoms. The van der Waals surface area contributed by atoms with Gasteiger partial charge in [0.1, 0.15) is 5.82 Å². The van der Waals surface area contributed by atoms with E-state index in [2.05, 4.69) is 23.8 Å². The van der Waals surface area contributed by atoms with Gasteiger partial charge in [0, 0.05) is 19.7 Å². The molecule has 2 aromatic rings. The maximum Gasteiger partial charge on any atom is 0.256 e. The average Bonchev–Trinajstić information content (AvgIpc) is 3.09. The van der Waals surface area contributed by atoms with Gasteiger partial charge in [0.2, 0.25) is 0 Å². The van der Waals surface area contributed by atoms with Crippen LogP contribution in [0.1, 0.15) is 30.6 Å². The second kappa shape index (κ2) is 6.41. The number of aromatic nitrogens is 2. The van der Waals surface area contributed by atoms with E-state index in [0.29, 0.717) is 47.0 Å². The number of carbonyl (C=O) groups is 1. The van der Waals surface area contributed by atoms with Gasteiger partial charge in [0.25, 0.3) is 5.91 Å². The second-order valence-corrected chi connectivity index (χ2v) is 6.75. The molecule has 2 heterocycles. The zero-order chi connectivity index (χ0) is 16.6. The summed E-state index contributed by atoms with van der Waals surface area (Å²) in [6.07, 6.45) is 0.857. The highest BCUT2D eigenvalue weighted by Crippen LogP contribution is 2.22. The normalized spacial score (nSPS) is 18.3. The van der Waals surface area contributed by atoms with Crippen LogP contribution in [0.4, 0.5) is 4.39 Å². The zero-order valence-electron chi connectivity index (χ0n) is 13.2. The van der Waals surface area contributed by atoms with E-state index in [-0.39, 0.29) is 12.0 Å². The zero-order valence-corrected chi connectivity index (χ0v) is 14.0. The lowest BCUT2D eigenvalue weighted by Crippen LogP contribution is -2.30. The van der Waals surface area contributed by atoms with E-state index in [1.54, 1.807) is 4.90 Å². The molecule has 3 rings (SSSR count). The highest BCUT2D eigenvalue weighted by atomic mass is 32.1. The van der Waals surface area contributed by atoms with Crippen molar-refractivity contribution in [2.24, 2.45) is 5.92 Å². The van der Waals surface area contributed by atoms with Gasteiger partial charge in [-0.15, -0.1) is 0 Å². The molecule has 1 fully saturated rings. The predicted octanol–water partition coefficient (Wildman–Crippen LogP) is 3.25. The second-order valence-electron chi connectivity index (χ2n) is 6.34. The number of nitrogens with zero attached hydrogens (tertiary/aromatic N) is 1. The predicted molar refractivity (Wildman–Crippen MR) is 88.5 cm³/mol. The lowest BCUT2D eigenvalue weighted by atomic mass is 10.1. The third-order valence-corrected chi connectivity index (χ3v) is 4.12. The van der Waals surface area contributed by atoms with E-state index in [4.69, 9.17) is 17.0 Å². The highest BCUT2D eigenvalue weighted by molar-refractivity contribution is 7.71. The molecule has 0 unspecified atom stereocenters. The van der Waals surface area contributed by atoms with Crippen LogP contribution in [0.3, 0.4) is 0 Å². The van der Waals surface area contributed by atoms with E-state index < -0.39 is 5.82 Å². The number of carbonyl (C=O) groups excluding carboxylic acids is 1. The minimum Gasteiger partial charge on any atom is -0.376 e. The Balaban J connectivity index is 1.80. The van der Waals surface area contributed by atoms with Crippen LogP contribution in [-0.4, -0.2) is 46.6 Å². The molecule has 1 aromatic heterocycles. The number of halogens is 1. The molecule has 5 nitrogen and oxygen atoms in total. The fourth-order valence-electron chi connectivity index (χ4n) is 2.82. The number of nitrogens with one attached hydrogen (secondary N) is 2. The Morgan fingerprint density at radius 2 is 2.26 bits per heavy atom. The summed E-state index contributed by atoms with van der Waals surface area (Å²) >= 11 is 5.04. The Labute approximate surface area is 138 Å². The van der Waals surface area contributed by atoms with Crippen molar-refractivity contribution < 1.29 is 13.9 Å². The number of benzene rings is 1. The third kappa shape index (κ3) is 3.45. The van der Waals surface area contributed by atoms with Crippen molar-refractivity contribution in [2.75, 3.05) is 19.7 Å². The first-order valence-corrected chi connectivity index (χ1v) is 8.17. The molecule has 1 aliphatic rings. The molecular weight excluding hydrogens is 317 g/mol. The van der Waals surface area contributed by atoms with Gasteiger partial charge in [-0.05, 0) is 36.7 Å². The third-order valence-electron chi connectivity index (χ3n) is 3.92. The minimum absolute atomic E-state index is 0.0510. The van der Waals surface area contributed by atoms with Crippen LogP contribution in [0.2, 0.25) is 0 Å². The van der Waals surface area contributed by atoms with Crippen molar-refractivity contribution in [3.8, 4) is 0 Å². The number of H-pyrrole nitrogens is 2. The number of amides is 1. The fourth-order valence-corrected chi connectivity index (χ4v) is 3.04. The summed E-state index contributed by atoms with van der Waals surface area (Å²) in [7, 11) is 0. The standard InChI is InChI=1S/C16H20FN3O2S/c1-9(2)8-22-11-3-4-20(7-11)15(21)12-5-10(17)6-13-14(12)19-16(23)18-13/h5-6,9,11H,3-4,7-8H2,1-2H3,(H2,18,19,23)/t11-/m1/s1. The Kier molecular flexibility index (Phi) is 4.50. The molecule has 1 atom stereocenters. The van der Waals surface area contributed by atoms with Crippen molar-refractivity contribution in [3.05, 3.63) is 28.3 Å². The van der Waals surface area contributed by atoms with Crippen LogP contribution < -0.4 is 0 Å². The average molecular weight is 337 g/mol. The number of hydrogen-bond acceptors (Lipinski definition) is 3. The summed E-state index contributed by atoms with van der Waals surface area (Å²) in [6.45, 7) is 6.02. The minimum atomic E-state index is -0.460. The van der Waals surface area contributed by atoms with Crippen LogP contribution in [0.25, 0.3) is 11.0 Å². The Hall–Kier alpha value is -1.73. The number of fused-ring (bicyclic) bond motifs is 1. The van der Waals surface area contributed by atoms with Gasteiger partial charge in [-0.3, -0.25) is 4.79 Å². The van der Waals surface area contributed by atoms with Gasteiger partial charge in [-0.1, -0.05) is 13.8 Å². The van der Waals surface area contributed by atoms with E-state index in [1.807, 2.05) is 0 Å². The van der Waals surface area contributed by atoms with Crippen LogP contribution >= 0.6 is 12.2 Å². The van der Waals surface area contributed by atoms with E-state index in [9.17, 15) is 9.18 Å². The van der Waals surface area contributed by atoms with Crippen LogP contribution in [0.5, 0.6) is 0 Å². The molecule has 0 bridgehead atoms. The molecule has 1 aromatic carbocycles. The molecule has 1 amide bonds. The summed E-state index contributed by atoms with van der Waals surface area (Å²) in [4.78, 5) is 20.2. The van der Waals surface area contributed by atoms with E-state index >= 15 is 0 Å². The van der Waals surface area contributed by atoms with E-state index in [0.717, 1.165) is 6.42 Å². The molecule has 0 aliphatic carbocycles. The monoisotopic (exact) mass is 337 g/mol. The highest BCUT2D eigenvalue weighted by Gasteiger charge is 2.29. The van der Waals surface area contributed by atoms with Crippen LogP contribution in [-0.2, 0) is 4.74 Å². The SMILES string of the molecule is CC(C)CO[C@@H]1CCN(C(=O)c2cc(F)cc3[nH]c(=S)[nH]c23)C1. The molecule has 0 saturated carbocycles. The van der Waals surface area contributed by atoms with Crippen molar-refractivity contribution >= 4 is 29.2 Å². The van der Waals surface area contributed by atoms with Crippen LogP contribution in [0.15, 0.2) is 12.1 Å². The maximum atomic E-state index is 13.8. The van der Waals surface area contributed by atoms with Crippen molar-refractivity contribution in [3.63, 3.8) is 0 Å². The Bertz CT molecular complexity index is 783. The summed E-state index contributed by atoms with van der Waals surface area (Å²) in [5.41, 5.74) is 1.36. The summed E-state index contributed by atoms with van der Waals surface area (Å²) in [5.74, 6) is -0.198. The van der Waals surface area contributed by atoms with Crippen molar-refractivity contribution in [1.29, 1.82) is 0 Å². The summed E-state index contributed by atoms with van der Waals surface area (Å²) < 4.78 is 19.9. The Morgan fingerprint density at radius 3 is 3.00 bits per heavy atom. The van der Waals surface area contributed by atoms with Crippen LogP contribution in [0, 0.1) is 16.5 Å². The molecule has 1 aliphatic heterocycles. The van der Waals surface area contributed by atoms with Gasteiger partial charge in [-0.25, -0.2) is 4.39 Å². The molecule has 2 N–H and O–H groups in total. The Morgan fingerprint density at radius 1 is 1.48 bits per heavy atom. The molecule has 23 heavy (non-hydrogen) atoms. The van der Waals surface area contributed by atoms with E-state index in [1.165, 1.54) is 12.1 Å². The van der Waals surface area contributed by atoms with Crippen molar-refractivity contribution in [1.82, 2.24) is 14.9 Å².